The second kappa shape index (κ2) is 6.00. The van der Waals surface area contributed by atoms with Gasteiger partial charge in [-0.05, 0) is 6.42 Å². The lowest BCUT2D eigenvalue weighted by molar-refractivity contribution is 0.373. The Labute approximate surface area is 113 Å². The monoisotopic (exact) mass is 299 g/mol. The van der Waals surface area contributed by atoms with Gasteiger partial charge in [-0.25, -0.2) is 4.98 Å². The van der Waals surface area contributed by atoms with Crippen LogP contribution in [-0.4, -0.2) is 42.4 Å². The molecule has 20 heavy (non-hydrogen) atoms. The van der Waals surface area contributed by atoms with Gasteiger partial charge < -0.3 is 20.1 Å². The molecular weight excluding hydrogens is 285 g/mol. The van der Waals surface area contributed by atoms with Crippen molar-refractivity contribution in [1.29, 1.82) is 0 Å². The predicted octanol–water partition coefficient (Wildman–Crippen LogP) is 0.182. The molecule has 10 heteroatoms. The van der Waals surface area contributed by atoms with Crippen molar-refractivity contribution in [3.63, 3.8) is 0 Å². The third-order valence-corrected chi connectivity index (χ3v) is 3.28. The topological polar surface area (TPSA) is 144 Å². The van der Waals surface area contributed by atoms with Gasteiger partial charge in [0, 0.05) is 6.54 Å². The zero-order chi connectivity index (χ0) is 14.6. The first-order valence-corrected chi connectivity index (χ1v) is 7.62. The van der Waals surface area contributed by atoms with Gasteiger partial charge in [0.15, 0.2) is 11.2 Å². The molecule has 0 amide bonds. The molecule has 5 N–H and O–H groups in total. The Balaban J connectivity index is 1.88. The highest BCUT2D eigenvalue weighted by Crippen LogP contribution is 2.34. The molecule has 0 radical (unpaired) electrons. The van der Waals surface area contributed by atoms with E-state index in [9.17, 15) is 9.36 Å². The quantitative estimate of drug-likeness (QED) is 0.378. The van der Waals surface area contributed by atoms with Gasteiger partial charge in [-0.2, -0.15) is 4.98 Å². The first-order chi connectivity index (χ1) is 9.46. The summed E-state index contributed by atoms with van der Waals surface area (Å²) in [7, 11) is -3.94. The number of hydrogen-bond acceptors (Lipinski definition) is 5. The summed E-state index contributed by atoms with van der Waals surface area (Å²) in [5, 5.41) is 2.86. The summed E-state index contributed by atoms with van der Waals surface area (Å²) in [6, 6.07) is 0. The van der Waals surface area contributed by atoms with E-state index < -0.39 is 7.60 Å². The number of fused-ring (bicyclic) bond motifs is 1. The largest absolute Gasteiger partial charge is 0.352 e. The standard InChI is InChI=1S/C10H14N5O4P/c16-9-7-8(13-6-12-7)14-10(15-9)11-4-2-1-3-5-20(17,18)19/h1-2,6H,3-5H2,(H2,17,18,19)(H3,11,12,13,14,15,16). The van der Waals surface area contributed by atoms with Crippen molar-refractivity contribution in [2.45, 2.75) is 6.42 Å². The zero-order valence-corrected chi connectivity index (χ0v) is 11.3. The maximum Gasteiger partial charge on any atom is 0.325 e. The van der Waals surface area contributed by atoms with E-state index in [1.54, 1.807) is 12.2 Å². The van der Waals surface area contributed by atoms with Gasteiger partial charge in [-0.3, -0.25) is 14.3 Å². The Morgan fingerprint density at radius 2 is 2.20 bits per heavy atom. The predicted molar refractivity (Wildman–Crippen MR) is 73.7 cm³/mol. The molecule has 0 bridgehead atoms. The first kappa shape index (κ1) is 14.4. The Morgan fingerprint density at radius 3 is 2.95 bits per heavy atom. The minimum absolute atomic E-state index is 0.183. The molecule has 2 heterocycles. The average Bonchev–Trinajstić information content (AvgIpc) is 2.81. The van der Waals surface area contributed by atoms with E-state index in [0.717, 1.165) is 0 Å². The molecule has 0 aromatic carbocycles. The maximum absolute atomic E-state index is 11.6. The third-order valence-electron chi connectivity index (χ3n) is 2.44. The number of nitrogens with zero attached hydrogens (tertiary/aromatic N) is 2. The highest BCUT2D eigenvalue weighted by atomic mass is 31.2. The number of allylic oxidation sites excluding steroid dienone is 1. The summed E-state index contributed by atoms with van der Waals surface area (Å²) in [6.45, 7) is 0.375. The van der Waals surface area contributed by atoms with E-state index in [2.05, 4.69) is 25.3 Å². The van der Waals surface area contributed by atoms with Gasteiger partial charge in [-0.1, -0.05) is 12.2 Å². The molecule has 9 nitrogen and oxygen atoms in total. The van der Waals surface area contributed by atoms with Crippen molar-refractivity contribution in [3.8, 4) is 0 Å². The number of aromatic nitrogens is 4. The molecule has 2 rings (SSSR count). The van der Waals surface area contributed by atoms with Gasteiger partial charge in [-0.15, -0.1) is 0 Å². The lowest BCUT2D eigenvalue weighted by atomic mass is 10.4. The van der Waals surface area contributed by atoms with E-state index in [-0.39, 0.29) is 24.1 Å². The van der Waals surface area contributed by atoms with Gasteiger partial charge in [0.2, 0.25) is 5.95 Å². The van der Waals surface area contributed by atoms with Crippen molar-refractivity contribution in [2.75, 3.05) is 18.0 Å². The number of hydrogen-bond donors (Lipinski definition) is 5. The molecule has 0 saturated carbocycles. The molecule has 2 aromatic heterocycles. The summed E-state index contributed by atoms with van der Waals surface area (Å²) < 4.78 is 10.6. The lowest BCUT2D eigenvalue weighted by Gasteiger charge is -2.02. The van der Waals surface area contributed by atoms with Crippen LogP contribution in [0.1, 0.15) is 6.42 Å². The number of anilines is 1. The Hall–Kier alpha value is -1.96. The van der Waals surface area contributed by atoms with Crippen LogP contribution in [-0.2, 0) is 4.57 Å². The summed E-state index contributed by atoms with van der Waals surface area (Å²) >= 11 is 0. The fourth-order valence-corrected chi connectivity index (χ4v) is 2.01. The number of imidazole rings is 1. The molecule has 0 atom stereocenters. The van der Waals surface area contributed by atoms with Crippen LogP contribution in [0.3, 0.4) is 0 Å². The summed E-state index contributed by atoms with van der Waals surface area (Å²) in [5.74, 6) is 0.286. The van der Waals surface area contributed by atoms with Crippen LogP contribution < -0.4 is 10.9 Å². The van der Waals surface area contributed by atoms with Crippen LogP contribution in [0.2, 0.25) is 0 Å². The minimum atomic E-state index is -3.94. The molecule has 0 spiro atoms. The SMILES string of the molecule is O=c1[nH]c(NCC=CCCP(=O)(O)O)nc2nc[nH]c12. The van der Waals surface area contributed by atoms with E-state index in [4.69, 9.17) is 9.79 Å². The minimum Gasteiger partial charge on any atom is -0.352 e. The molecule has 108 valence electrons. The van der Waals surface area contributed by atoms with E-state index >= 15 is 0 Å². The molecule has 0 saturated heterocycles. The van der Waals surface area contributed by atoms with Gasteiger partial charge in [0.25, 0.3) is 5.56 Å². The van der Waals surface area contributed by atoms with Crippen molar-refractivity contribution >= 4 is 24.7 Å². The van der Waals surface area contributed by atoms with Crippen LogP contribution in [0.25, 0.3) is 11.2 Å². The summed E-state index contributed by atoms with van der Waals surface area (Å²) in [6.07, 6.45) is 4.84. The number of nitrogens with one attached hydrogen (secondary N) is 3. The van der Waals surface area contributed by atoms with Gasteiger partial charge >= 0.3 is 7.60 Å². The first-order valence-electron chi connectivity index (χ1n) is 5.82. The van der Waals surface area contributed by atoms with Crippen LogP contribution in [0.15, 0.2) is 23.3 Å². The number of H-pyrrole nitrogens is 2. The van der Waals surface area contributed by atoms with Crippen molar-refractivity contribution in [3.05, 3.63) is 28.8 Å². The van der Waals surface area contributed by atoms with Gasteiger partial charge in [0.05, 0.1) is 12.5 Å². The molecular formula is C10H14N5O4P. The van der Waals surface area contributed by atoms with Crippen LogP contribution >= 0.6 is 7.60 Å². The van der Waals surface area contributed by atoms with Crippen molar-refractivity contribution in [1.82, 2.24) is 19.9 Å². The van der Waals surface area contributed by atoms with Gasteiger partial charge in [0.1, 0.15) is 0 Å². The highest BCUT2D eigenvalue weighted by molar-refractivity contribution is 7.51. The fraction of sp³-hybridized carbons (Fsp3) is 0.300. The summed E-state index contributed by atoms with van der Waals surface area (Å²) in [4.78, 5) is 42.1. The maximum atomic E-state index is 11.6. The van der Waals surface area contributed by atoms with E-state index in [0.29, 0.717) is 17.7 Å². The fourth-order valence-electron chi connectivity index (χ4n) is 1.53. The molecule has 0 unspecified atom stereocenters. The Kier molecular flexibility index (Phi) is 4.33. The van der Waals surface area contributed by atoms with Crippen molar-refractivity contribution in [2.24, 2.45) is 0 Å². The molecule has 0 aliphatic carbocycles. The van der Waals surface area contributed by atoms with Crippen LogP contribution in [0.5, 0.6) is 0 Å². The van der Waals surface area contributed by atoms with Crippen LogP contribution in [0.4, 0.5) is 5.95 Å². The second-order valence-corrected chi connectivity index (χ2v) is 5.82. The average molecular weight is 299 g/mol. The number of rotatable bonds is 6. The Morgan fingerprint density at radius 1 is 1.40 bits per heavy atom. The molecule has 0 fully saturated rings. The molecule has 0 aliphatic rings. The lowest BCUT2D eigenvalue weighted by Crippen LogP contribution is -2.13. The molecule has 0 aliphatic heterocycles. The summed E-state index contributed by atoms with van der Waals surface area (Å²) in [5.41, 5.74) is 0.315. The second-order valence-electron chi connectivity index (χ2n) is 4.04. The van der Waals surface area contributed by atoms with Crippen molar-refractivity contribution < 1.29 is 14.4 Å². The van der Waals surface area contributed by atoms with E-state index in [1.807, 2.05) is 0 Å². The smallest absolute Gasteiger partial charge is 0.325 e. The third kappa shape index (κ3) is 4.02. The Bertz CT molecular complexity index is 716. The van der Waals surface area contributed by atoms with E-state index in [1.165, 1.54) is 6.33 Å². The molecule has 2 aromatic rings. The highest BCUT2D eigenvalue weighted by Gasteiger charge is 2.09. The van der Waals surface area contributed by atoms with Crippen LogP contribution in [0, 0.1) is 0 Å². The number of aromatic amines is 2. The normalized spacial score (nSPS) is 12.3. The zero-order valence-electron chi connectivity index (χ0n) is 10.4.